The number of carbonyl (C=O) groups is 6. The molecular weight excluding hydrogens is 654 g/mol. The van der Waals surface area contributed by atoms with Crippen molar-refractivity contribution in [3.8, 4) is 0 Å². The molecule has 0 spiro atoms. The molecule has 296 valence electrons. The SMILES string of the molecule is CC(=O)[C@@H](N)CCCCNC(=O)[C@@H](N)CCCCNC(=O)CC[C@H](NC(=O)CCCCCCCCCCCCCCCCCCC(=O)O)C(=O)O. The number of ketones is 1. The summed E-state index contributed by atoms with van der Waals surface area (Å²) in [5, 5.41) is 26.2. The van der Waals surface area contributed by atoms with E-state index >= 15 is 0 Å². The van der Waals surface area contributed by atoms with Gasteiger partial charge in [-0.05, 0) is 64.7 Å². The van der Waals surface area contributed by atoms with Gasteiger partial charge in [-0.15, -0.1) is 0 Å². The Labute approximate surface area is 306 Å². The van der Waals surface area contributed by atoms with E-state index in [0.29, 0.717) is 51.6 Å². The van der Waals surface area contributed by atoms with E-state index in [2.05, 4.69) is 16.0 Å². The first-order chi connectivity index (χ1) is 24.4. The van der Waals surface area contributed by atoms with Crippen LogP contribution in [0.5, 0.6) is 0 Å². The summed E-state index contributed by atoms with van der Waals surface area (Å²) in [6.07, 6.45) is 22.3. The van der Waals surface area contributed by atoms with Gasteiger partial charge in [-0.3, -0.25) is 24.0 Å². The normalized spacial score (nSPS) is 12.8. The Morgan fingerprint density at radius 2 is 0.922 bits per heavy atom. The lowest BCUT2D eigenvalue weighted by atomic mass is 10.0. The molecule has 0 saturated carbocycles. The highest BCUT2D eigenvalue weighted by atomic mass is 16.4. The third kappa shape index (κ3) is 31.4. The van der Waals surface area contributed by atoms with Gasteiger partial charge in [0.25, 0.3) is 0 Å². The minimum absolute atomic E-state index is 0.00875. The largest absolute Gasteiger partial charge is 0.481 e. The van der Waals surface area contributed by atoms with Gasteiger partial charge in [-0.1, -0.05) is 89.9 Å². The molecular formula is C38H71N5O8. The zero-order valence-electron chi connectivity index (χ0n) is 31.5. The second-order valence-corrected chi connectivity index (χ2v) is 14.0. The van der Waals surface area contributed by atoms with Gasteiger partial charge < -0.3 is 37.6 Å². The number of carbonyl (C=O) groups excluding carboxylic acids is 4. The van der Waals surface area contributed by atoms with E-state index < -0.39 is 30.1 Å². The molecule has 9 N–H and O–H groups in total. The van der Waals surface area contributed by atoms with Crippen molar-refractivity contribution in [3.63, 3.8) is 0 Å². The number of hydrogen-bond donors (Lipinski definition) is 7. The van der Waals surface area contributed by atoms with Crippen LogP contribution in [0.15, 0.2) is 0 Å². The fraction of sp³-hybridized carbons (Fsp3) is 0.842. The first kappa shape index (κ1) is 47.9. The van der Waals surface area contributed by atoms with Gasteiger partial charge in [-0.2, -0.15) is 0 Å². The molecule has 0 aliphatic carbocycles. The fourth-order valence-corrected chi connectivity index (χ4v) is 5.81. The van der Waals surface area contributed by atoms with E-state index in [1.165, 1.54) is 64.7 Å². The lowest BCUT2D eigenvalue weighted by Gasteiger charge is -2.15. The van der Waals surface area contributed by atoms with Gasteiger partial charge in [0.2, 0.25) is 17.7 Å². The number of nitrogens with one attached hydrogen (secondary N) is 3. The number of hydrogen-bond acceptors (Lipinski definition) is 8. The maximum atomic E-state index is 12.3. The van der Waals surface area contributed by atoms with Crippen LogP contribution in [-0.4, -0.2) is 76.9 Å². The number of Topliss-reactive ketones (excluding diaryl/α,β-unsaturated/α-hetero) is 1. The topological polar surface area (TPSA) is 231 Å². The minimum atomic E-state index is -1.16. The number of amides is 3. The highest BCUT2D eigenvalue weighted by molar-refractivity contribution is 5.84. The lowest BCUT2D eigenvalue weighted by Crippen LogP contribution is -2.41. The molecule has 0 aromatic rings. The van der Waals surface area contributed by atoms with Crippen molar-refractivity contribution >= 4 is 35.4 Å². The fourth-order valence-electron chi connectivity index (χ4n) is 5.81. The Morgan fingerprint density at radius 3 is 1.37 bits per heavy atom. The third-order valence-electron chi connectivity index (χ3n) is 9.20. The van der Waals surface area contributed by atoms with Crippen LogP contribution in [0.25, 0.3) is 0 Å². The molecule has 0 aliphatic heterocycles. The maximum absolute atomic E-state index is 12.3. The summed E-state index contributed by atoms with van der Waals surface area (Å²) in [7, 11) is 0. The van der Waals surface area contributed by atoms with Crippen LogP contribution in [-0.2, 0) is 28.8 Å². The van der Waals surface area contributed by atoms with Crippen molar-refractivity contribution in [1.29, 1.82) is 0 Å². The van der Waals surface area contributed by atoms with Crippen LogP contribution in [0, 0.1) is 0 Å². The number of carboxylic acids is 2. The molecule has 13 heteroatoms. The summed E-state index contributed by atoms with van der Waals surface area (Å²) in [5.74, 6) is -2.74. The van der Waals surface area contributed by atoms with Crippen molar-refractivity contribution in [3.05, 3.63) is 0 Å². The zero-order valence-corrected chi connectivity index (χ0v) is 31.5. The van der Waals surface area contributed by atoms with Crippen LogP contribution >= 0.6 is 0 Å². The molecule has 0 bridgehead atoms. The molecule has 0 aromatic carbocycles. The monoisotopic (exact) mass is 726 g/mol. The summed E-state index contributed by atoms with van der Waals surface area (Å²) < 4.78 is 0. The van der Waals surface area contributed by atoms with Crippen LogP contribution in [0.1, 0.15) is 174 Å². The first-order valence-electron chi connectivity index (χ1n) is 19.7. The van der Waals surface area contributed by atoms with Crippen molar-refractivity contribution in [2.24, 2.45) is 11.5 Å². The molecule has 0 aromatic heterocycles. The second kappa shape index (κ2) is 32.8. The van der Waals surface area contributed by atoms with E-state index in [9.17, 15) is 33.9 Å². The second-order valence-electron chi connectivity index (χ2n) is 14.0. The predicted octanol–water partition coefficient (Wildman–Crippen LogP) is 5.26. The molecule has 0 unspecified atom stereocenters. The smallest absolute Gasteiger partial charge is 0.326 e. The minimum Gasteiger partial charge on any atom is -0.481 e. The third-order valence-corrected chi connectivity index (χ3v) is 9.20. The Morgan fingerprint density at radius 1 is 0.490 bits per heavy atom. The van der Waals surface area contributed by atoms with E-state index in [4.69, 9.17) is 16.6 Å². The maximum Gasteiger partial charge on any atom is 0.326 e. The molecule has 51 heavy (non-hydrogen) atoms. The van der Waals surface area contributed by atoms with E-state index in [0.717, 1.165) is 44.9 Å². The number of carboxylic acid groups (broad SMARTS) is 2. The Bertz CT molecular complexity index is 980. The molecule has 0 radical (unpaired) electrons. The molecule has 13 nitrogen and oxygen atoms in total. The molecule has 3 atom stereocenters. The molecule has 0 fully saturated rings. The summed E-state index contributed by atoms with van der Waals surface area (Å²) in [6.45, 7) is 2.32. The molecule has 0 saturated heterocycles. The quantitative estimate of drug-likeness (QED) is 0.0414. The Balaban J connectivity index is 3.77. The highest BCUT2D eigenvalue weighted by Gasteiger charge is 2.21. The molecule has 0 heterocycles. The average molecular weight is 726 g/mol. The van der Waals surface area contributed by atoms with Gasteiger partial charge in [0.05, 0.1) is 12.1 Å². The van der Waals surface area contributed by atoms with E-state index in [1.54, 1.807) is 0 Å². The van der Waals surface area contributed by atoms with Crippen molar-refractivity contribution < 1.29 is 39.0 Å². The molecule has 3 amide bonds. The summed E-state index contributed by atoms with van der Waals surface area (Å²) >= 11 is 0. The standard InChI is InChI=1S/C38H71N5O8/c1-30(44)31(39)22-18-21-29-42-37(49)32(40)23-19-20-28-41-34(45)27-26-33(38(50)51)43-35(46)24-16-14-12-10-8-6-4-2-3-5-7-9-11-13-15-17-25-36(47)48/h31-33H,2-29,39-40H2,1H3,(H,41,45)(H,42,49)(H,43,46)(H,47,48)(H,50,51)/t31-,32-,33-/m0/s1. The first-order valence-corrected chi connectivity index (χ1v) is 19.7. The number of nitrogens with two attached hydrogens (primary N) is 2. The number of unbranched alkanes of at least 4 members (excludes halogenated alkanes) is 17. The van der Waals surface area contributed by atoms with Gasteiger partial charge in [0.15, 0.2) is 0 Å². The van der Waals surface area contributed by atoms with Crippen molar-refractivity contribution in [2.45, 2.75) is 192 Å². The predicted molar refractivity (Wildman–Crippen MR) is 200 cm³/mol. The lowest BCUT2D eigenvalue weighted by molar-refractivity contribution is -0.142. The van der Waals surface area contributed by atoms with Crippen molar-refractivity contribution in [2.75, 3.05) is 13.1 Å². The zero-order chi connectivity index (χ0) is 38.1. The average Bonchev–Trinajstić information content (AvgIpc) is 3.08. The van der Waals surface area contributed by atoms with Gasteiger partial charge in [-0.25, -0.2) is 4.79 Å². The summed E-state index contributed by atoms with van der Waals surface area (Å²) in [5.41, 5.74) is 11.6. The summed E-state index contributed by atoms with van der Waals surface area (Å²) in [4.78, 5) is 70.0. The van der Waals surface area contributed by atoms with Crippen LogP contribution in [0.2, 0.25) is 0 Å². The Kier molecular flexibility index (Phi) is 30.9. The van der Waals surface area contributed by atoms with Crippen LogP contribution < -0.4 is 27.4 Å². The number of aliphatic carboxylic acids is 2. The highest BCUT2D eigenvalue weighted by Crippen LogP contribution is 2.14. The van der Waals surface area contributed by atoms with Crippen molar-refractivity contribution in [1.82, 2.24) is 16.0 Å². The van der Waals surface area contributed by atoms with Crippen LogP contribution in [0.3, 0.4) is 0 Å². The molecule has 0 aliphatic rings. The van der Waals surface area contributed by atoms with Crippen LogP contribution in [0.4, 0.5) is 0 Å². The summed E-state index contributed by atoms with van der Waals surface area (Å²) in [6, 6.07) is -2.22. The Hall–Kier alpha value is -3.06. The van der Waals surface area contributed by atoms with Gasteiger partial charge in [0, 0.05) is 32.4 Å². The number of rotatable bonds is 36. The van der Waals surface area contributed by atoms with E-state index in [-0.39, 0.29) is 49.2 Å². The molecule has 0 rings (SSSR count). The van der Waals surface area contributed by atoms with Gasteiger partial charge in [0.1, 0.15) is 11.8 Å². The van der Waals surface area contributed by atoms with E-state index in [1.807, 2.05) is 0 Å². The van der Waals surface area contributed by atoms with Gasteiger partial charge >= 0.3 is 11.9 Å².